The zero-order valence-electron chi connectivity index (χ0n) is 7.64. The quantitative estimate of drug-likeness (QED) is 0.328. The van der Waals surface area contributed by atoms with E-state index in [4.69, 9.17) is 9.07 Å². The van der Waals surface area contributed by atoms with Crippen molar-refractivity contribution in [1.29, 1.82) is 0 Å². The van der Waals surface area contributed by atoms with Crippen LogP contribution in [0.15, 0.2) is 25.3 Å². The van der Waals surface area contributed by atoms with Crippen molar-refractivity contribution in [2.24, 2.45) is 0 Å². The number of rotatable bonds is 8. The number of nitrogens with zero attached hydrogens (tertiary/aromatic N) is 1. The lowest BCUT2D eigenvalue weighted by atomic mass is 10.4. The fraction of sp³-hybridized carbons (Fsp3) is 0.556. The van der Waals surface area contributed by atoms with Gasteiger partial charge in [0.05, 0.1) is 0 Å². The summed E-state index contributed by atoms with van der Waals surface area (Å²) < 4.78 is 1.23. The van der Waals surface area contributed by atoms with Gasteiger partial charge in [0.2, 0.25) is 0 Å². The summed E-state index contributed by atoms with van der Waals surface area (Å²) in [4.78, 5) is 2.32. The minimum absolute atomic E-state index is 0.263. The van der Waals surface area contributed by atoms with Crippen molar-refractivity contribution in [3.05, 3.63) is 25.3 Å². The standard InChI is InChI=1S/C9H16N.ClH.Mg/c1-4-7-10(8-5-2)9-6-3;;/h4-5H,1-3,6-9H2;1H;/q;;+1/p-1. The van der Waals surface area contributed by atoms with Crippen molar-refractivity contribution >= 4 is 28.3 Å². The Balaban J connectivity index is 3.47. The first kappa shape index (κ1) is 12.5. The van der Waals surface area contributed by atoms with Gasteiger partial charge < -0.3 is 9.07 Å². The second-order valence-electron chi connectivity index (χ2n) is 2.73. The molecule has 12 heavy (non-hydrogen) atoms. The van der Waals surface area contributed by atoms with Crippen LogP contribution in [0.3, 0.4) is 0 Å². The van der Waals surface area contributed by atoms with Gasteiger partial charge in [-0.2, -0.15) is 0 Å². The zero-order valence-corrected chi connectivity index (χ0v) is 9.81. The minimum Gasteiger partial charge on any atom is -0.346 e. The Morgan fingerprint density at radius 2 is 1.83 bits per heavy atom. The Labute approximate surface area is 89.0 Å². The molecule has 66 valence electrons. The molecule has 0 N–H and O–H groups in total. The van der Waals surface area contributed by atoms with Crippen LogP contribution in [0.5, 0.6) is 0 Å². The predicted molar refractivity (Wildman–Crippen MR) is 57.9 cm³/mol. The van der Waals surface area contributed by atoms with Gasteiger partial charge in [0.1, 0.15) is 0 Å². The molecule has 0 bridgehead atoms. The molecule has 0 heterocycles. The van der Waals surface area contributed by atoms with Crippen LogP contribution < -0.4 is 0 Å². The molecule has 0 aromatic rings. The van der Waals surface area contributed by atoms with Gasteiger partial charge in [-0.1, -0.05) is 18.6 Å². The Morgan fingerprint density at radius 1 is 1.25 bits per heavy atom. The first-order valence-corrected chi connectivity index (χ1v) is 7.49. The van der Waals surface area contributed by atoms with Crippen molar-refractivity contribution in [1.82, 2.24) is 4.90 Å². The van der Waals surface area contributed by atoms with E-state index in [9.17, 15) is 0 Å². The highest BCUT2D eigenvalue weighted by molar-refractivity contribution is 6.93. The summed E-state index contributed by atoms with van der Waals surface area (Å²) in [5, 5.41) is 0. The van der Waals surface area contributed by atoms with Crippen LogP contribution in [0.2, 0.25) is 4.55 Å². The molecule has 0 aromatic carbocycles. The SMILES string of the molecule is C=CCN(CC=C)CC[CH2][Mg][Cl]. The second-order valence-corrected chi connectivity index (χ2v) is 4.95. The van der Waals surface area contributed by atoms with Crippen molar-refractivity contribution in [3.63, 3.8) is 0 Å². The summed E-state index contributed by atoms with van der Waals surface area (Å²) >= 11 is -0.263. The molecular weight excluding hydrogens is 182 g/mol. The smallest absolute Gasteiger partial charge is 0.346 e. The fourth-order valence-electron chi connectivity index (χ4n) is 1.05. The molecule has 0 unspecified atom stereocenters. The highest BCUT2D eigenvalue weighted by Crippen LogP contribution is 1.96. The normalized spacial score (nSPS) is 9.50. The van der Waals surface area contributed by atoms with Crippen LogP contribution >= 0.6 is 9.07 Å². The van der Waals surface area contributed by atoms with Crippen LogP contribution in [0.4, 0.5) is 0 Å². The molecule has 0 rings (SSSR count). The average molecular weight is 198 g/mol. The van der Waals surface area contributed by atoms with E-state index in [0.717, 1.165) is 19.6 Å². The Hall–Kier alpha value is 0.496. The summed E-state index contributed by atoms with van der Waals surface area (Å²) in [6.07, 6.45) is 5.08. The highest BCUT2D eigenvalue weighted by Gasteiger charge is 1.99. The molecule has 0 saturated heterocycles. The molecule has 0 atom stereocenters. The van der Waals surface area contributed by atoms with Gasteiger partial charge in [-0.05, 0) is 6.54 Å². The molecule has 0 fully saturated rings. The first-order chi connectivity index (χ1) is 5.85. The van der Waals surface area contributed by atoms with Crippen molar-refractivity contribution in [3.8, 4) is 0 Å². The lowest BCUT2D eigenvalue weighted by Crippen LogP contribution is -2.25. The highest BCUT2D eigenvalue weighted by atomic mass is 35.5. The number of hydrogen-bond donors (Lipinski definition) is 0. The largest absolute Gasteiger partial charge is 0.501 e. The van der Waals surface area contributed by atoms with Crippen LogP contribution in [0.1, 0.15) is 6.42 Å². The molecule has 0 radical (unpaired) electrons. The van der Waals surface area contributed by atoms with Gasteiger partial charge in [-0.3, -0.25) is 4.90 Å². The van der Waals surface area contributed by atoms with Gasteiger partial charge in [0.15, 0.2) is 0 Å². The molecule has 0 aromatic heterocycles. The summed E-state index contributed by atoms with van der Waals surface area (Å²) in [6, 6.07) is 0. The average Bonchev–Trinajstić information content (AvgIpc) is 2.06. The van der Waals surface area contributed by atoms with E-state index >= 15 is 0 Å². The van der Waals surface area contributed by atoms with E-state index in [1.165, 1.54) is 11.0 Å². The molecular formula is C9H16ClMgN. The van der Waals surface area contributed by atoms with Crippen LogP contribution in [0, 0.1) is 0 Å². The lowest BCUT2D eigenvalue weighted by Gasteiger charge is -2.17. The molecule has 0 aliphatic carbocycles. The first-order valence-electron chi connectivity index (χ1n) is 4.35. The maximum atomic E-state index is 5.72. The Kier molecular flexibility index (Phi) is 9.98. The van der Waals surface area contributed by atoms with Gasteiger partial charge in [0, 0.05) is 13.1 Å². The summed E-state index contributed by atoms with van der Waals surface area (Å²) in [6.45, 7) is 10.5. The van der Waals surface area contributed by atoms with Crippen LogP contribution in [0.25, 0.3) is 0 Å². The third-order valence-electron chi connectivity index (χ3n) is 1.63. The molecule has 0 aliphatic rings. The van der Waals surface area contributed by atoms with Gasteiger partial charge in [-0.25, -0.2) is 0 Å². The molecule has 0 aliphatic heterocycles. The van der Waals surface area contributed by atoms with Crippen molar-refractivity contribution < 1.29 is 0 Å². The van der Waals surface area contributed by atoms with Crippen molar-refractivity contribution in [2.75, 3.05) is 19.6 Å². The molecule has 0 saturated carbocycles. The van der Waals surface area contributed by atoms with Gasteiger partial charge in [0.25, 0.3) is 0 Å². The number of halogens is 1. The van der Waals surface area contributed by atoms with Crippen LogP contribution in [-0.4, -0.2) is 43.8 Å². The van der Waals surface area contributed by atoms with E-state index in [2.05, 4.69) is 18.1 Å². The molecule has 1 nitrogen and oxygen atoms in total. The zero-order chi connectivity index (χ0) is 9.23. The number of hydrogen-bond acceptors (Lipinski definition) is 1. The third-order valence-corrected chi connectivity index (χ3v) is 3.20. The van der Waals surface area contributed by atoms with E-state index in [-0.39, 0.29) is 19.3 Å². The van der Waals surface area contributed by atoms with Crippen LogP contribution in [-0.2, 0) is 0 Å². The van der Waals surface area contributed by atoms with E-state index in [1.807, 2.05) is 12.2 Å². The molecule has 0 spiro atoms. The van der Waals surface area contributed by atoms with E-state index in [1.54, 1.807) is 0 Å². The third kappa shape index (κ3) is 7.16. The molecule has 0 amide bonds. The predicted octanol–water partition coefficient (Wildman–Crippen LogP) is 2.33. The van der Waals surface area contributed by atoms with E-state index in [0.29, 0.717) is 0 Å². The Morgan fingerprint density at radius 3 is 2.25 bits per heavy atom. The topological polar surface area (TPSA) is 3.24 Å². The monoisotopic (exact) mass is 197 g/mol. The molecule has 3 heteroatoms. The van der Waals surface area contributed by atoms with Crippen molar-refractivity contribution in [2.45, 2.75) is 11.0 Å². The maximum Gasteiger partial charge on any atom is 0.501 e. The summed E-state index contributed by atoms with van der Waals surface area (Å²) in [5.41, 5.74) is 0. The van der Waals surface area contributed by atoms with Gasteiger partial charge >= 0.3 is 19.3 Å². The minimum atomic E-state index is -0.263. The summed E-state index contributed by atoms with van der Waals surface area (Å²) in [7, 11) is 5.72. The van der Waals surface area contributed by atoms with Gasteiger partial charge in [-0.15, -0.1) is 17.7 Å². The fourth-order valence-corrected chi connectivity index (χ4v) is 2.03. The summed E-state index contributed by atoms with van der Waals surface area (Å²) in [5.74, 6) is 0. The van der Waals surface area contributed by atoms with E-state index < -0.39 is 0 Å². The second kappa shape index (κ2) is 9.58. The maximum absolute atomic E-state index is 5.72. The lowest BCUT2D eigenvalue weighted by molar-refractivity contribution is 0.336. The Bertz CT molecular complexity index is 118.